The number of para-hydroxylation sites is 1. The SMILES string of the molecule is O=C(/C=C/c1ccc2c(c1)CC[C@H]2N[C@H](CO)Cc1c[nH]c2ccccc12)NO. The quantitative estimate of drug-likeness (QED) is 0.243. The second-order valence-corrected chi connectivity index (χ2v) is 7.47. The Balaban J connectivity index is 1.46. The number of fused-ring (bicyclic) bond motifs is 2. The minimum atomic E-state index is -0.548. The monoisotopic (exact) mass is 391 g/mol. The summed E-state index contributed by atoms with van der Waals surface area (Å²) in [5.41, 5.74) is 7.32. The van der Waals surface area contributed by atoms with Gasteiger partial charge in [0, 0.05) is 35.3 Å². The Kier molecular flexibility index (Phi) is 5.76. The summed E-state index contributed by atoms with van der Waals surface area (Å²) in [5.74, 6) is -0.548. The van der Waals surface area contributed by atoms with E-state index in [0.717, 1.165) is 30.3 Å². The minimum absolute atomic E-state index is 0.0296. The van der Waals surface area contributed by atoms with Gasteiger partial charge >= 0.3 is 0 Å². The molecule has 6 heteroatoms. The van der Waals surface area contributed by atoms with Gasteiger partial charge in [-0.3, -0.25) is 10.0 Å². The van der Waals surface area contributed by atoms with Crippen molar-refractivity contribution in [2.75, 3.05) is 6.61 Å². The third-order valence-corrected chi connectivity index (χ3v) is 5.58. The normalized spacial score (nSPS) is 17.0. The van der Waals surface area contributed by atoms with Crippen molar-refractivity contribution in [3.63, 3.8) is 0 Å². The van der Waals surface area contributed by atoms with Gasteiger partial charge in [0.1, 0.15) is 0 Å². The van der Waals surface area contributed by atoms with Crippen LogP contribution in [0.1, 0.15) is 34.7 Å². The highest BCUT2D eigenvalue weighted by Gasteiger charge is 2.25. The third kappa shape index (κ3) is 4.24. The van der Waals surface area contributed by atoms with Crippen LogP contribution in [0.25, 0.3) is 17.0 Å². The Morgan fingerprint density at radius 1 is 1.28 bits per heavy atom. The van der Waals surface area contributed by atoms with Gasteiger partial charge in [0.2, 0.25) is 0 Å². The van der Waals surface area contributed by atoms with Crippen molar-refractivity contribution in [1.29, 1.82) is 0 Å². The summed E-state index contributed by atoms with van der Waals surface area (Å²) in [5, 5.41) is 23.4. The van der Waals surface area contributed by atoms with Gasteiger partial charge in [-0.15, -0.1) is 0 Å². The molecule has 6 nitrogen and oxygen atoms in total. The predicted octanol–water partition coefficient (Wildman–Crippen LogP) is 2.87. The van der Waals surface area contributed by atoms with E-state index in [1.54, 1.807) is 11.6 Å². The van der Waals surface area contributed by atoms with Gasteiger partial charge in [0.05, 0.1) is 6.61 Å². The Labute approximate surface area is 169 Å². The van der Waals surface area contributed by atoms with Crippen molar-refractivity contribution in [2.45, 2.75) is 31.3 Å². The molecular formula is C23H25N3O3. The maximum absolute atomic E-state index is 11.2. The molecule has 2 aromatic carbocycles. The summed E-state index contributed by atoms with van der Waals surface area (Å²) in [7, 11) is 0. The molecule has 1 aliphatic carbocycles. The van der Waals surface area contributed by atoms with Crippen LogP contribution in [0, 0.1) is 0 Å². The molecule has 1 aromatic heterocycles. The van der Waals surface area contributed by atoms with Crippen molar-refractivity contribution < 1.29 is 15.1 Å². The standard InChI is InChI=1S/C23H25N3O3/c27-14-18(12-17-13-24-21-4-2-1-3-19(17)21)25-22-9-7-16-11-15(5-8-20(16)22)6-10-23(28)26-29/h1-6,8,10-11,13,18,22,24-25,27,29H,7,9,12,14H2,(H,26,28)/b10-6+/t18-,22+/m0/s1. The van der Waals surface area contributed by atoms with Crippen molar-refractivity contribution >= 4 is 22.9 Å². The Hall–Kier alpha value is -2.93. The number of carbonyl (C=O) groups is 1. The molecule has 0 bridgehead atoms. The van der Waals surface area contributed by atoms with E-state index in [0.29, 0.717) is 0 Å². The Morgan fingerprint density at radius 2 is 2.14 bits per heavy atom. The smallest absolute Gasteiger partial charge is 0.267 e. The number of benzene rings is 2. The predicted molar refractivity (Wildman–Crippen MR) is 112 cm³/mol. The zero-order chi connectivity index (χ0) is 20.2. The van der Waals surface area contributed by atoms with Crippen LogP contribution in [0.3, 0.4) is 0 Å². The second-order valence-electron chi connectivity index (χ2n) is 7.47. The maximum atomic E-state index is 11.2. The summed E-state index contributed by atoms with van der Waals surface area (Å²) in [6, 6.07) is 14.5. The van der Waals surface area contributed by atoms with Crippen LogP contribution < -0.4 is 10.8 Å². The summed E-state index contributed by atoms with van der Waals surface area (Å²) >= 11 is 0. The number of amides is 1. The lowest BCUT2D eigenvalue weighted by Gasteiger charge is -2.22. The zero-order valence-corrected chi connectivity index (χ0v) is 16.1. The lowest BCUT2D eigenvalue weighted by molar-refractivity contribution is -0.124. The van der Waals surface area contributed by atoms with E-state index in [1.807, 2.05) is 24.4 Å². The number of aliphatic hydroxyl groups is 1. The highest BCUT2D eigenvalue weighted by Crippen LogP contribution is 2.33. The van der Waals surface area contributed by atoms with Gasteiger partial charge in [0.15, 0.2) is 0 Å². The van der Waals surface area contributed by atoms with Crippen LogP contribution in [0.2, 0.25) is 0 Å². The molecule has 0 spiro atoms. The Morgan fingerprint density at radius 3 is 2.97 bits per heavy atom. The van der Waals surface area contributed by atoms with E-state index >= 15 is 0 Å². The van der Waals surface area contributed by atoms with E-state index < -0.39 is 5.91 Å². The lowest BCUT2D eigenvalue weighted by Crippen LogP contribution is -2.36. The zero-order valence-electron chi connectivity index (χ0n) is 16.1. The van der Waals surface area contributed by atoms with Gasteiger partial charge in [0.25, 0.3) is 5.91 Å². The fourth-order valence-electron chi connectivity index (χ4n) is 4.15. The first-order valence-electron chi connectivity index (χ1n) is 9.85. The number of aryl methyl sites for hydroxylation is 1. The molecule has 1 heterocycles. The first-order valence-corrected chi connectivity index (χ1v) is 9.85. The highest BCUT2D eigenvalue weighted by atomic mass is 16.5. The molecular weight excluding hydrogens is 366 g/mol. The number of aliphatic hydroxyl groups excluding tert-OH is 1. The number of hydroxylamine groups is 1. The van der Waals surface area contributed by atoms with E-state index in [2.05, 4.69) is 34.6 Å². The molecule has 2 atom stereocenters. The van der Waals surface area contributed by atoms with Gasteiger partial charge < -0.3 is 15.4 Å². The van der Waals surface area contributed by atoms with E-state index in [4.69, 9.17) is 5.21 Å². The molecule has 0 unspecified atom stereocenters. The van der Waals surface area contributed by atoms with Gasteiger partial charge in [-0.1, -0.05) is 36.4 Å². The molecule has 0 saturated heterocycles. The third-order valence-electron chi connectivity index (χ3n) is 5.58. The minimum Gasteiger partial charge on any atom is -0.395 e. The van der Waals surface area contributed by atoms with Crippen molar-refractivity contribution in [2.24, 2.45) is 0 Å². The highest BCUT2D eigenvalue weighted by molar-refractivity contribution is 5.90. The summed E-state index contributed by atoms with van der Waals surface area (Å²) in [6.07, 6.45) is 7.69. The van der Waals surface area contributed by atoms with Crippen molar-refractivity contribution in [3.8, 4) is 0 Å². The second kappa shape index (κ2) is 8.61. The topological polar surface area (TPSA) is 97.4 Å². The summed E-state index contributed by atoms with van der Waals surface area (Å²) < 4.78 is 0. The number of hydrogen-bond acceptors (Lipinski definition) is 4. The van der Waals surface area contributed by atoms with E-state index in [9.17, 15) is 9.90 Å². The van der Waals surface area contributed by atoms with Crippen LogP contribution in [-0.4, -0.2) is 33.9 Å². The lowest BCUT2D eigenvalue weighted by atomic mass is 10.0. The number of carbonyl (C=O) groups excluding carboxylic acids is 1. The molecule has 4 rings (SSSR count). The first-order chi connectivity index (χ1) is 14.2. The molecule has 0 aliphatic heterocycles. The summed E-state index contributed by atoms with van der Waals surface area (Å²) in [6.45, 7) is 0.0719. The Bertz CT molecular complexity index is 1040. The molecule has 0 saturated carbocycles. The molecule has 1 amide bonds. The molecule has 29 heavy (non-hydrogen) atoms. The maximum Gasteiger partial charge on any atom is 0.267 e. The van der Waals surface area contributed by atoms with Crippen LogP contribution >= 0.6 is 0 Å². The molecule has 150 valence electrons. The van der Waals surface area contributed by atoms with Crippen LogP contribution in [-0.2, 0) is 17.6 Å². The average Bonchev–Trinajstić information content (AvgIpc) is 3.35. The number of H-pyrrole nitrogens is 1. The first kappa shape index (κ1) is 19.4. The molecule has 5 N–H and O–H groups in total. The fourth-order valence-corrected chi connectivity index (χ4v) is 4.15. The molecule has 0 radical (unpaired) electrons. The van der Waals surface area contributed by atoms with Crippen LogP contribution in [0.4, 0.5) is 0 Å². The van der Waals surface area contributed by atoms with Crippen LogP contribution in [0.5, 0.6) is 0 Å². The van der Waals surface area contributed by atoms with E-state index in [1.165, 1.54) is 28.2 Å². The van der Waals surface area contributed by atoms with Crippen LogP contribution in [0.15, 0.2) is 54.7 Å². The largest absolute Gasteiger partial charge is 0.395 e. The molecule has 0 fully saturated rings. The molecule has 1 aliphatic rings. The molecule has 3 aromatic rings. The number of rotatable bonds is 7. The van der Waals surface area contributed by atoms with Crippen molar-refractivity contribution in [1.82, 2.24) is 15.8 Å². The van der Waals surface area contributed by atoms with Gasteiger partial charge in [-0.05, 0) is 53.7 Å². The number of hydrogen-bond donors (Lipinski definition) is 5. The summed E-state index contributed by atoms with van der Waals surface area (Å²) in [4.78, 5) is 14.5. The van der Waals surface area contributed by atoms with Gasteiger partial charge in [-0.2, -0.15) is 0 Å². The average molecular weight is 391 g/mol. The fraction of sp³-hybridized carbons (Fsp3) is 0.261. The van der Waals surface area contributed by atoms with E-state index in [-0.39, 0.29) is 18.7 Å². The number of aromatic amines is 1. The van der Waals surface area contributed by atoms with Gasteiger partial charge in [-0.25, -0.2) is 5.48 Å². The number of aromatic nitrogens is 1. The number of nitrogens with one attached hydrogen (secondary N) is 3. The van der Waals surface area contributed by atoms with Crippen molar-refractivity contribution in [3.05, 3.63) is 77.0 Å².